The van der Waals surface area contributed by atoms with Gasteiger partial charge in [0.2, 0.25) is 0 Å². The first-order valence-corrected chi connectivity index (χ1v) is 12.8. The van der Waals surface area contributed by atoms with Crippen LogP contribution in [0.4, 0.5) is 0 Å². The lowest BCUT2D eigenvalue weighted by atomic mass is 9.96. The fourth-order valence-electron chi connectivity index (χ4n) is 5.95. The smallest absolute Gasteiger partial charge is 0.161 e. The number of fused-ring (bicyclic) bond motifs is 2. The van der Waals surface area contributed by atoms with E-state index < -0.39 is 0 Å². The number of benzene rings is 3. The molecule has 2 aliphatic rings. The van der Waals surface area contributed by atoms with Crippen molar-refractivity contribution in [3.8, 4) is 11.5 Å². The molecule has 5 rings (SSSR count). The quantitative estimate of drug-likeness (QED) is 0.464. The summed E-state index contributed by atoms with van der Waals surface area (Å²) in [5.41, 5.74) is 5.71. The number of nitrogens with zero attached hydrogens (tertiary/aromatic N) is 2. The van der Waals surface area contributed by atoms with E-state index in [1.54, 1.807) is 14.2 Å². The highest BCUT2D eigenvalue weighted by molar-refractivity contribution is 5.86. The molecule has 2 aliphatic heterocycles. The molecular weight excluding hydrogens is 420 g/mol. The Morgan fingerprint density at radius 2 is 1.68 bits per heavy atom. The number of methoxy groups -OCH3 is 2. The largest absolute Gasteiger partial charge is 0.493 e. The highest BCUT2D eigenvalue weighted by Gasteiger charge is 2.25. The average Bonchev–Trinajstić information content (AvgIpc) is 3.09. The molecule has 180 valence electrons. The maximum Gasteiger partial charge on any atom is 0.161 e. The van der Waals surface area contributed by atoms with E-state index >= 15 is 0 Å². The second kappa shape index (κ2) is 10.4. The van der Waals surface area contributed by atoms with Crippen LogP contribution in [0.15, 0.2) is 48.5 Å². The lowest BCUT2D eigenvalue weighted by Crippen LogP contribution is -2.38. The Bertz CT molecular complexity index is 1140. The molecular formula is C30H38N2O2. The Morgan fingerprint density at radius 3 is 2.50 bits per heavy atom. The summed E-state index contributed by atoms with van der Waals surface area (Å²) < 4.78 is 11.1. The molecule has 0 aliphatic carbocycles. The van der Waals surface area contributed by atoms with Crippen molar-refractivity contribution in [3.63, 3.8) is 0 Å². The second-order valence-corrected chi connectivity index (χ2v) is 10.1. The van der Waals surface area contributed by atoms with E-state index in [4.69, 9.17) is 9.47 Å². The van der Waals surface area contributed by atoms with Gasteiger partial charge in [0.25, 0.3) is 0 Å². The van der Waals surface area contributed by atoms with Crippen LogP contribution in [-0.4, -0.2) is 50.2 Å². The number of rotatable bonds is 6. The van der Waals surface area contributed by atoms with Crippen LogP contribution in [0.3, 0.4) is 0 Å². The van der Waals surface area contributed by atoms with Gasteiger partial charge in [-0.25, -0.2) is 0 Å². The summed E-state index contributed by atoms with van der Waals surface area (Å²) in [4.78, 5) is 5.38. The Kier molecular flexibility index (Phi) is 7.07. The van der Waals surface area contributed by atoms with Gasteiger partial charge in [-0.1, -0.05) is 42.8 Å². The van der Waals surface area contributed by atoms with Gasteiger partial charge >= 0.3 is 0 Å². The summed E-state index contributed by atoms with van der Waals surface area (Å²) in [6.07, 6.45) is 5.06. The van der Waals surface area contributed by atoms with E-state index in [9.17, 15) is 0 Å². The van der Waals surface area contributed by atoms with Crippen molar-refractivity contribution in [2.45, 2.75) is 45.7 Å². The number of aryl methyl sites for hydroxylation is 1. The molecule has 0 N–H and O–H groups in total. The molecule has 34 heavy (non-hydrogen) atoms. The normalized spacial score (nSPS) is 19.6. The maximum absolute atomic E-state index is 5.56. The van der Waals surface area contributed by atoms with Gasteiger partial charge in [0.05, 0.1) is 14.2 Å². The zero-order valence-corrected chi connectivity index (χ0v) is 21.0. The summed E-state index contributed by atoms with van der Waals surface area (Å²) in [6, 6.07) is 17.8. The predicted molar refractivity (Wildman–Crippen MR) is 140 cm³/mol. The topological polar surface area (TPSA) is 24.9 Å². The van der Waals surface area contributed by atoms with Crippen LogP contribution in [0.1, 0.15) is 41.5 Å². The van der Waals surface area contributed by atoms with Gasteiger partial charge in [-0.3, -0.25) is 9.80 Å². The Hall–Kier alpha value is -2.56. The van der Waals surface area contributed by atoms with Crippen LogP contribution in [0.5, 0.6) is 11.5 Å². The van der Waals surface area contributed by atoms with Crippen LogP contribution in [-0.2, 0) is 19.5 Å². The van der Waals surface area contributed by atoms with E-state index in [1.165, 1.54) is 71.9 Å². The summed E-state index contributed by atoms with van der Waals surface area (Å²) in [5, 5.41) is 2.77. The van der Waals surface area contributed by atoms with Gasteiger partial charge in [-0.15, -0.1) is 0 Å². The van der Waals surface area contributed by atoms with Gasteiger partial charge in [0.1, 0.15) is 0 Å². The van der Waals surface area contributed by atoms with Crippen LogP contribution >= 0.6 is 0 Å². The molecule has 0 amide bonds. The van der Waals surface area contributed by atoms with Crippen molar-refractivity contribution in [1.82, 2.24) is 9.80 Å². The zero-order valence-electron chi connectivity index (χ0n) is 21.0. The third-order valence-electron chi connectivity index (χ3n) is 7.82. The third kappa shape index (κ3) is 4.94. The standard InChI is InChI=1S/C30H38N2O2/c1-22-11-12-24-9-4-5-10-27(24)28(22)21-31-14-7-6-8-23(18-31)19-32-15-13-25-16-29(33-2)30(34-3)17-26(25)20-32/h4-5,9-12,16-17,23H,6-8,13-15,18-21H2,1-3H3. The van der Waals surface area contributed by atoms with Gasteiger partial charge < -0.3 is 9.47 Å². The van der Waals surface area contributed by atoms with E-state index in [1.807, 2.05) is 0 Å². The first-order valence-electron chi connectivity index (χ1n) is 12.8. The number of hydrogen-bond donors (Lipinski definition) is 0. The summed E-state index contributed by atoms with van der Waals surface area (Å²) in [7, 11) is 3.44. The van der Waals surface area contributed by atoms with Crippen LogP contribution in [0.25, 0.3) is 10.8 Å². The Labute approximate surface area is 204 Å². The summed E-state index contributed by atoms with van der Waals surface area (Å²) in [5.74, 6) is 2.41. The van der Waals surface area contributed by atoms with Crippen molar-refractivity contribution in [2.24, 2.45) is 5.92 Å². The number of likely N-dealkylation sites (tertiary alicyclic amines) is 1. The zero-order chi connectivity index (χ0) is 23.5. The maximum atomic E-state index is 5.56. The van der Waals surface area contributed by atoms with Gasteiger partial charge in [-0.05, 0) is 83.8 Å². The Morgan fingerprint density at radius 1 is 0.882 bits per heavy atom. The average molecular weight is 459 g/mol. The highest BCUT2D eigenvalue weighted by Crippen LogP contribution is 2.34. The van der Waals surface area contributed by atoms with Crippen molar-refractivity contribution < 1.29 is 9.47 Å². The van der Waals surface area contributed by atoms with E-state index in [2.05, 4.69) is 65.3 Å². The number of hydrogen-bond acceptors (Lipinski definition) is 4. The molecule has 1 unspecified atom stereocenters. The fourth-order valence-corrected chi connectivity index (χ4v) is 5.95. The SMILES string of the molecule is COc1cc2c(cc1OC)CN(CC1CCCCN(Cc3c(C)ccc4ccccc34)C1)CC2. The van der Waals surface area contributed by atoms with Gasteiger partial charge in [-0.2, -0.15) is 0 Å². The first-order chi connectivity index (χ1) is 16.6. The van der Waals surface area contributed by atoms with Crippen molar-refractivity contribution >= 4 is 10.8 Å². The van der Waals surface area contributed by atoms with E-state index in [0.717, 1.165) is 43.5 Å². The second-order valence-electron chi connectivity index (χ2n) is 10.1. The molecule has 0 saturated carbocycles. The monoisotopic (exact) mass is 458 g/mol. The summed E-state index contributed by atoms with van der Waals surface area (Å²) >= 11 is 0. The molecule has 1 fully saturated rings. The predicted octanol–water partition coefficient (Wildman–Crippen LogP) is 5.83. The van der Waals surface area contributed by atoms with Crippen molar-refractivity contribution in [3.05, 3.63) is 70.8 Å². The Balaban J connectivity index is 1.27. The molecule has 0 radical (unpaired) electrons. The van der Waals surface area contributed by atoms with Crippen molar-refractivity contribution in [1.29, 1.82) is 0 Å². The fraction of sp³-hybridized carbons (Fsp3) is 0.467. The summed E-state index contributed by atoms with van der Waals surface area (Å²) in [6.45, 7) is 9.04. The molecule has 0 bridgehead atoms. The minimum absolute atomic E-state index is 0.722. The molecule has 4 heteroatoms. The molecule has 2 heterocycles. The first kappa shape index (κ1) is 23.2. The van der Waals surface area contributed by atoms with Crippen LogP contribution in [0.2, 0.25) is 0 Å². The molecule has 3 aromatic rings. The number of ether oxygens (including phenoxy) is 2. The lowest BCUT2D eigenvalue weighted by molar-refractivity contribution is 0.170. The molecule has 3 aromatic carbocycles. The third-order valence-corrected chi connectivity index (χ3v) is 7.82. The van der Waals surface area contributed by atoms with Gasteiger partial charge in [0, 0.05) is 32.7 Å². The minimum Gasteiger partial charge on any atom is -0.493 e. The van der Waals surface area contributed by atoms with Crippen LogP contribution < -0.4 is 9.47 Å². The molecule has 1 atom stereocenters. The molecule has 0 aromatic heterocycles. The van der Waals surface area contributed by atoms with E-state index in [-0.39, 0.29) is 0 Å². The van der Waals surface area contributed by atoms with Crippen LogP contribution in [0, 0.1) is 12.8 Å². The molecule has 0 spiro atoms. The highest BCUT2D eigenvalue weighted by atomic mass is 16.5. The lowest BCUT2D eigenvalue weighted by Gasteiger charge is -2.33. The van der Waals surface area contributed by atoms with Gasteiger partial charge in [0.15, 0.2) is 11.5 Å². The van der Waals surface area contributed by atoms with E-state index in [0.29, 0.717) is 0 Å². The molecule has 1 saturated heterocycles. The van der Waals surface area contributed by atoms with Crippen molar-refractivity contribution in [2.75, 3.05) is 40.4 Å². The minimum atomic E-state index is 0.722. The molecule has 4 nitrogen and oxygen atoms in total.